The Labute approximate surface area is 209 Å². The first-order valence-corrected chi connectivity index (χ1v) is 11.2. The molecule has 3 N–H and O–H groups in total. The molecule has 0 aliphatic carbocycles. The van der Waals surface area contributed by atoms with E-state index in [2.05, 4.69) is 31.7 Å². The van der Waals surface area contributed by atoms with Gasteiger partial charge in [-0.05, 0) is 85.1 Å². The van der Waals surface area contributed by atoms with Gasteiger partial charge in [0.15, 0.2) is 0 Å². The van der Waals surface area contributed by atoms with Crippen molar-refractivity contribution in [2.75, 3.05) is 10.6 Å². The maximum Gasteiger partial charge on any atom is 0.229 e. The van der Waals surface area contributed by atoms with Gasteiger partial charge >= 0.3 is 0 Å². The van der Waals surface area contributed by atoms with Gasteiger partial charge in [0.1, 0.15) is 11.9 Å². The van der Waals surface area contributed by atoms with E-state index in [4.69, 9.17) is 10.5 Å². The lowest BCUT2D eigenvalue weighted by Gasteiger charge is -2.19. The number of aliphatic hydroxyl groups excluding tert-OH is 1. The summed E-state index contributed by atoms with van der Waals surface area (Å²) in [7, 11) is 0. The molecule has 4 aromatic rings. The van der Waals surface area contributed by atoms with Crippen LogP contribution in [0.25, 0.3) is 6.08 Å². The minimum atomic E-state index is -1.05. The van der Waals surface area contributed by atoms with Gasteiger partial charge in [-0.2, -0.15) is 15.5 Å². The van der Waals surface area contributed by atoms with Gasteiger partial charge in [0, 0.05) is 35.4 Å². The van der Waals surface area contributed by atoms with Crippen LogP contribution in [0.4, 0.5) is 23.1 Å². The van der Waals surface area contributed by atoms with E-state index < -0.39 is 6.10 Å². The summed E-state index contributed by atoms with van der Waals surface area (Å²) < 4.78 is 0. The number of hydrogen-bond acceptors (Lipinski definition) is 8. The van der Waals surface area contributed by atoms with Crippen molar-refractivity contribution in [3.8, 4) is 12.1 Å². The normalized spacial score (nSPS) is 11.5. The van der Waals surface area contributed by atoms with Crippen LogP contribution in [-0.4, -0.2) is 20.1 Å². The molecule has 0 bridgehead atoms. The van der Waals surface area contributed by atoms with Gasteiger partial charge < -0.3 is 15.7 Å². The van der Waals surface area contributed by atoms with Crippen LogP contribution in [0, 0.1) is 36.5 Å². The molecule has 0 spiro atoms. The van der Waals surface area contributed by atoms with Crippen molar-refractivity contribution < 1.29 is 5.11 Å². The number of benzene rings is 2. The first kappa shape index (κ1) is 24.1. The van der Waals surface area contributed by atoms with Crippen molar-refractivity contribution in [3.05, 3.63) is 107 Å². The molecule has 0 aliphatic heterocycles. The van der Waals surface area contributed by atoms with Crippen LogP contribution in [0.3, 0.4) is 0 Å². The number of pyridine rings is 1. The highest BCUT2D eigenvalue weighted by Gasteiger charge is 2.20. The van der Waals surface area contributed by atoms with Gasteiger partial charge in [-0.1, -0.05) is 6.07 Å². The highest BCUT2D eigenvalue weighted by molar-refractivity contribution is 5.71. The lowest BCUT2D eigenvalue weighted by Crippen LogP contribution is -2.11. The summed E-state index contributed by atoms with van der Waals surface area (Å²) in [5.41, 5.74) is 5.86. The Morgan fingerprint density at radius 2 is 1.72 bits per heavy atom. The SMILES string of the molecule is Cc1cc(C=CC#N)cc(C)c1Nc1nc(Nc2ccc(C#N)cc2)ncc1C(O)c1ccccn1. The zero-order valence-corrected chi connectivity index (χ0v) is 19.8. The number of nitrogens with one attached hydrogen (secondary N) is 2. The zero-order chi connectivity index (χ0) is 25.5. The monoisotopic (exact) mass is 473 g/mol. The molecule has 1 unspecified atom stereocenters. The Morgan fingerprint density at radius 3 is 2.36 bits per heavy atom. The van der Waals surface area contributed by atoms with Crippen LogP contribution < -0.4 is 10.6 Å². The van der Waals surface area contributed by atoms with Crippen molar-refractivity contribution in [2.24, 2.45) is 0 Å². The number of allylic oxidation sites excluding steroid dienone is 1. The van der Waals surface area contributed by atoms with E-state index in [9.17, 15) is 5.11 Å². The largest absolute Gasteiger partial charge is 0.382 e. The molecule has 1 atom stereocenters. The molecule has 176 valence electrons. The molecule has 8 heteroatoms. The minimum absolute atomic E-state index is 0.322. The topological polar surface area (TPSA) is 131 Å². The highest BCUT2D eigenvalue weighted by Crippen LogP contribution is 2.32. The molecule has 0 aliphatic rings. The van der Waals surface area contributed by atoms with Gasteiger partial charge in [0.25, 0.3) is 0 Å². The van der Waals surface area contributed by atoms with Crippen molar-refractivity contribution in [1.29, 1.82) is 10.5 Å². The number of aryl methyl sites for hydroxylation is 2. The molecule has 0 saturated heterocycles. The summed E-state index contributed by atoms with van der Waals surface area (Å²) in [6.07, 6.45) is 5.33. The maximum absolute atomic E-state index is 11.1. The van der Waals surface area contributed by atoms with E-state index in [0.717, 1.165) is 28.1 Å². The van der Waals surface area contributed by atoms with E-state index in [-0.39, 0.29) is 0 Å². The minimum Gasteiger partial charge on any atom is -0.382 e. The highest BCUT2D eigenvalue weighted by atomic mass is 16.3. The van der Waals surface area contributed by atoms with Crippen molar-refractivity contribution >= 4 is 29.2 Å². The first-order valence-electron chi connectivity index (χ1n) is 11.2. The third kappa shape index (κ3) is 5.53. The Hall–Kier alpha value is -5.05. The van der Waals surface area contributed by atoms with Gasteiger partial charge in [-0.25, -0.2) is 4.98 Å². The number of nitrogens with zero attached hydrogens (tertiary/aromatic N) is 5. The summed E-state index contributed by atoms with van der Waals surface area (Å²) in [4.78, 5) is 13.3. The second-order valence-electron chi connectivity index (χ2n) is 8.09. The van der Waals surface area contributed by atoms with Gasteiger partial charge in [0.05, 0.1) is 23.4 Å². The molecule has 2 heterocycles. The molecule has 36 heavy (non-hydrogen) atoms. The van der Waals surface area contributed by atoms with Crippen molar-refractivity contribution in [2.45, 2.75) is 20.0 Å². The summed E-state index contributed by atoms with van der Waals surface area (Å²) in [6, 6.07) is 20.3. The number of nitriles is 2. The lowest BCUT2D eigenvalue weighted by molar-refractivity contribution is 0.215. The van der Waals surface area contributed by atoms with Gasteiger partial charge in [-0.15, -0.1) is 0 Å². The molecular formula is C28H23N7O. The Kier molecular flexibility index (Phi) is 7.30. The lowest BCUT2D eigenvalue weighted by atomic mass is 10.0. The third-order valence-corrected chi connectivity index (χ3v) is 5.50. The maximum atomic E-state index is 11.1. The number of anilines is 4. The van der Waals surface area contributed by atoms with Crippen LogP contribution in [0.5, 0.6) is 0 Å². The number of aromatic nitrogens is 3. The fourth-order valence-corrected chi connectivity index (χ4v) is 3.75. The molecule has 2 aromatic heterocycles. The molecule has 2 aromatic carbocycles. The first-order chi connectivity index (χ1) is 17.5. The molecule has 0 amide bonds. The second-order valence-corrected chi connectivity index (χ2v) is 8.09. The number of aliphatic hydroxyl groups is 1. The summed E-state index contributed by atoms with van der Waals surface area (Å²) in [5, 5.41) is 35.5. The van der Waals surface area contributed by atoms with Crippen LogP contribution in [0.15, 0.2) is 73.1 Å². The van der Waals surface area contributed by atoms with Crippen LogP contribution in [0.2, 0.25) is 0 Å². The fraction of sp³-hybridized carbons (Fsp3) is 0.107. The average molecular weight is 474 g/mol. The van der Waals surface area contributed by atoms with Crippen molar-refractivity contribution in [3.63, 3.8) is 0 Å². The molecule has 4 rings (SSSR count). The van der Waals surface area contributed by atoms with Crippen LogP contribution in [-0.2, 0) is 0 Å². The van der Waals surface area contributed by atoms with Crippen molar-refractivity contribution in [1.82, 2.24) is 15.0 Å². The quantitative estimate of drug-likeness (QED) is 0.301. The summed E-state index contributed by atoms with van der Waals surface area (Å²) >= 11 is 0. The molecule has 0 fully saturated rings. The predicted octanol–water partition coefficient (Wildman–Crippen LogP) is 5.47. The van der Waals surface area contributed by atoms with E-state index in [1.54, 1.807) is 54.9 Å². The molecule has 0 saturated carbocycles. The predicted molar refractivity (Wildman–Crippen MR) is 139 cm³/mol. The Bertz CT molecular complexity index is 1460. The third-order valence-electron chi connectivity index (χ3n) is 5.50. The average Bonchev–Trinajstić information content (AvgIpc) is 2.90. The zero-order valence-electron chi connectivity index (χ0n) is 19.8. The standard InChI is InChI=1S/C28H23N7O/c1-18-14-21(6-5-12-29)15-19(2)25(18)34-27-23(26(36)24-7-3-4-13-31-24)17-32-28(35-27)33-22-10-8-20(16-30)9-11-22/h3-11,13-15,17,26,36H,1-2H3,(H2,32,33,34,35). The fourth-order valence-electron chi connectivity index (χ4n) is 3.75. The molecule has 0 radical (unpaired) electrons. The Balaban J connectivity index is 1.73. The number of hydrogen-bond donors (Lipinski definition) is 3. The second kappa shape index (κ2) is 10.9. The van der Waals surface area contributed by atoms with Gasteiger partial charge in [0.2, 0.25) is 5.95 Å². The van der Waals surface area contributed by atoms with E-state index in [1.807, 2.05) is 38.1 Å². The van der Waals surface area contributed by atoms with E-state index in [1.165, 1.54) is 6.08 Å². The van der Waals surface area contributed by atoms with Crippen LogP contribution >= 0.6 is 0 Å². The Morgan fingerprint density at radius 1 is 0.972 bits per heavy atom. The molecule has 8 nitrogen and oxygen atoms in total. The smallest absolute Gasteiger partial charge is 0.229 e. The summed E-state index contributed by atoms with van der Waals surface area (Å²) in [5.74, 6) is 0.744. The molecular weight excluding hydrogens is 450 g/mol. The van der Waals surface area contributed by atoms with Crippen LogP contribution in [0.1, 0.15) is 39.6 Å². The van der Waals surface area contributed by atoms with E-state index >= 15 is 0 Å². The number of rotatable bonds is 7. The van der Waals surface area contributed by atoms with E-state index in [0.29, 0.717) is 28.6 Å². The van der Waals surface area contributed by atoms with Gasteiger partial charge in [-0.3, -0.25) is 4.98 Å². The summed E-state index contributed by atoms with van der Waals surface area (Å²) in [6.45, 7) is 3.93.